The van der Waals surface area contributed by atoms with Gasteiger partial charge in [0.2, 0.25) is 0 Å². The summed E-state index contributed by atoms with van der Waals surface area (Å²) in [6, 6.07) is 6.05. The fraction of sp³-hybridized carbons (Fsp3) is 0.684. The van der Waals surface area contributed by atoms with Crippen LogP contribution in [0.2, 0.25) is 0 Å². The van der Waals surface area contributed by atoms with E-state index in [0.29, 0.717) is 41.5 Å². The van der Waals surface area contributed by atoms with E-state index in [2.05, 4.69) is 5.32 Å². The first-order valence-electron chi connectivity index (χ1n) is 8.94. The molecule has 3 fully saturated rings. The Morgan fingerprint density at radius 3 is 2.54 bits per heavy atom. The predicted molar refractivity (Wildman–Crippen MR) is 90.4 cm³/mol. The standard InChI is InChI=1S/C19H27NO4/c1-22-13-8-12(9-14(10-13)23-2)16(21)11-20-17-15-4-7-24-18(15)19(17)5-3-6-19/h8-10,15-18,20-21H,3-7,11H2,1-2H3/t15-,16-,17-,18+/m1/s1. The predicted octanol–water partition coefficient (Wildman–Crippen LogP) is 2.28. The monoisotopic (exact) mass is 333 g/mol. The minimum absolute atomic E-state index is 0.340. The Labute approximate surface area is 143 Å². The molecule has 1 aromatic rings. The number of aliphatic hydroxyl groups excluding tert-OH is 1. The van der Waals surface area contributed by atoms with Gasteiger partial charge in [0.25, 0.3) is 0 Å². The Morgan fingerprint density at radius 1 is 1.25 bits per heavy atom. The van der Waals surface area contributed by atoms with Crippen molar-refractivity contribution >= 4 is 0 Å². The molecular formula is C19H27NO4. The molecule has 4 atom stereocenters. The molecule has 2 aliphatic carbocycles. The normalized spacial score (nSPS) is 31.0. The first kappa shape index (κ1) is 16.2. The Hall–Kier alpha value is -1.30. The van der Waals surface area contributed by atoms with Crippen LogP contribution in [-0.2, 0) is 4.74 Å². The van der Waals surface area contributed by atoms with E-state index in [4.69, 9.17) is 14.2 Å². The van der Waals surface area contributed by atoms with E-state index in [0.717, 1.165) is 18.6 Å². The number of ether oxygens (including phenoxy) is 3. The zero-order valence-corrected chi connectivity index (χ0v) is 14.5. The molecule has 1 spiro atoms. The van der Waals surface area contributed by atoms with Crippen molar-refractivity contribution in [3.8, 4) is 11.5 Å². The van der Waals surface area contributed by atoms with Gasteiger partial charge in [-0.3, -0.25) is 0 Å². The van der Waals surface area contributed by atoms with Gasteiger partial charge in [0.1, 0.15) is 11.5 Å². The van der Waals surface area contributed by atoms with Gasteiger partial charge in [-0.05, 0) is 37.0 Å². The van der Waals surface area contributed by atoms with Crippen LogP contribution in [0.5, 0.6) is 11.5 Å². The fourth-order valence-corrected chi connectivity index (χ4v) is 4.94. The lowest BCUT2D eigenvalue weighted by molar-refractivity contribution is -0.177. The first-order valence-corrected chi connectivity index (χ1v) is 8.94. The van der Waals surface area contributed by atoms with E-state index in [1.165, 1.54) is 19.3 Å². The second kappa shape index (κ2) is 6.21. The maximum Gasteiger partial charge on any atom is 0.122 e. The van der Waals surface area contributed by atoms with Gasteiger partial charge in [-0.15, -0.1) is 0 Å². The van der Waals surface area contributed by atoms with Crippen LogP contribution >= 0.6 is 0 Å². The van der Waals surface area contributed by atoms with Crippen LogP contribution < -0.4 is 14.8 Å². The number of nitrogens with one attached hydrogen (secondary N) is 1. The number of fused-ring (bicyclic) bond motifs is 2. The lowest BCUT2D eigenvalue weighted by Crippen LogP contribution is -2.71. The summed E-state index contributed by atoms with van der Waals surface area (Å²) in [5.74, 6) is 2.02. The Kier molecular flexibility index (Phi) is 4.19. The quantitative estimate of drug-likeness (QED) is 0.836. The third-order valence-corrected chi connectivity index (χ3v) is 6.33. The van der Waals surface area contributed by atoms with Crippen LogP contribution in [0.3, 0.4) is 0 Å². The van der Waals surface area contributed by atoms with Gasteiger partial charge in [-0.1, -0.05) is 6.42 Å². The van der Waals surface area contributed by atoms with E-state index >= 15 is 0 Å². The Morgan fingerprint density at radius 2 is 1.96 bits per heavy atom. The molecule has 2 N–H and O–H groups in total. The van der Waals surface area contributed by atoms with Crippen LogP contribution in [0.25, 0.3) is 0 Å². The molecule has 5 nitrogen and oxygen atoms in total. The summed E-state index contributed by atoms with van der Waals surface area (Å²) in [5, 5.41) is 14.3. The minimum atomic E-state index is -0.576. The van der Waals surface area contributed by atoms with Crippen molar-refractivity contribution < 1.29 is 19.3 Å². The second-order valence-corrected chi connectivity index (χ2v) is 7.38. The molecule has 4 rings (SSSR count). The van der Waals surface area contributed by atoms with E-state index in [1.54, 1.807) is 14.2 Å². The lowest BCUT2D eigenvalue weighted by Gasteiger charge is -2.63. The zero-order chi connectivity index (χ0) is 16.7. The highest BCUT2D eigenvalue weighted by Crippen LogP contribution is 2.62. The summed E-state index contributed by atoms with van der Waals surface area (Å²) in [7, 11) is 3.25. The van der Waals surface area contributed by atoms with Crippen molar-refractivity contribution in [2.75, 3.05) is 27.4 Å². The van der Waals surface area contributed by atoms with Crippen molar-refractivity contribution in [3.05, 3.63) is 23.8 Å². The molecule has 0 bridgehead atoms. The minimum Gasteiger partial charge on any atom is -0.497 e. The van der Waals surface area contributed by atoms with E-state index in [9.17, 15) is 5.11 Å². The molecule has 1 aliphatic heterocycles. The van der Waals surface area contributed by atoms with Crippen molar-refractivity contribution in [2.24, 2.45) is 11.3 Å². The maximum absolute atomic E-state index is 10.6. The Bertz CT molecular complexity index is 579. The van der Waals surface area contributed by atoms with Crippen LogP contribution in [0, 0.1) is 11.3 Å². The van der Waals surface area contributed by atoms with Crippen molar-refractivity contribution in [3.63, 3.8) is 0 Å². The lowest BCUT2D eigenvalue weighted by atomic mass is 9.46. The highest BCUT2D eigenvalue weighted by molar-refractivity contribution is 5.39. The average Bonchev–Trinajstić information content (AvgIpc) is 2.97. The highest BCUT2D eigenvalue weighted by Gasteiger charge is 2.66. The first-order chi connectivity index (χ1) is 11.7. The number of hydrogen-bond acceptors (Lipinski definition) is 5. The number of rotatable bonds is 6. The van der Waals surface area contributed by atoms with Crippen LogP contribution in [-0.4, -0.2) is 44.6 Å². The van der Waals surface area contributed by atoms with Gasteiger partial charge >= 0.3 is 0 Å². The largest absolute Gasteiger partial charge is 0.497 e. The van der Waals surface area contributed by atoms with Crippen LogP contribution in [0.15, 0.2) is 18.2 Å². The smallest absolute Gasteiger partial charge is 0.122 e. The molecule has 3 aliphatic rings. The second-order valence-electron chi connectivity index (χ2n) is 7.38. The highest BCUT2D eigenvalue weighted by atomic mass is 16.5. The van der Waals surface area contributed by atoms with Gasteiger partial charge in [0.15, 0.2) is 0 Å². The van der Waals surface area contributed by atoms with E-state index in [1.807, 2.05) is 18.2 Å². The van der Waals surface area contributed by atoms with Gasteiger partial charge in [0.05, 0.1) is 26.4 Å². The molecule has 132 valence electrons. The Balaban J connectivity index is 1.42. The van der Waals surface area contributed by atoms with Crippen LogP contribution in [0.4, 0.5) is 0 Å². The third kappa shape index (κ3) is 2.41. The molecule has 1 saturated heterocycles. The van der Waals surface area contributed by atoms with Gasteiger partial charge in [-0.2, -0.15) is 0 Å². The third-order valence-electron chi connectivity index (χ3n) is 6.33. The summed E-state index contributed by atoms with van der Waals surface area (Å²) in [6.45, 7) is 1.44. The van der Waals surface area contributed by atoms with Crippen molar-refractivity contribution in [1.82, 2.24) is 5.32 Å². The molecule has 0 unspecified atom stereocenters. The molecule has 1 heterocycles. The molecule has 5 heteroatoms. The summed E-state index contributed by atoms with van der Waals surface area (Å²) < 4.78 is 16.5. The molecule has 1 aromatic carbocycles. The van der Waals surface area contributed by atoms with E-state index in [-0.39, 0.29) is 0 Å². The van der Waals surface area contributed by atoms with Crippen molar-refractivity contribution in [1.29, 1.82) is 0 Å². The summed E-state index contributed by atoms with van der Waals surface area (Å²) in [6.07, 6.45) is 4.85. The summed E-state index contributed by atoms with van der Waals surface area (Å²) in [4.78, 5) is 0. The molecule has 0 amide bonds. The molecular weight excluding hydrogens is 306 g/mol. The molecule has 0 aromatic heterocycles. The molecule has 0 radical (unpaired) electrons. The van der Waals surface area contributed by atoms with Gasteiger partial charge in [0, 0.05) is 36.6 Å². The zero-order valence-electron chi connectivity index (χ0n) is 14.5. The molecule has 24 heavy (non-hydrogen) atoms. The topological polar surface area (TPSA) is 60.0 Å². The number of methoxy groups -OCH3 is 2. The SMILES string of the molecule is COc1cc(OC)cc([C@H](O)CN[C@@H]2[C@H]3CCO[C@@H]3C23CCC3)c1. The number of aliphatic hydroxyl groups is 1. The molecule has 2 saturated carbocycles. The summed E-state index contributed by atoms with van der Waals surface area (Å²) >= 11 is 0. The van der Waals surface area contributed by atoms with Gasteiger partial charge in [-0.25, -0.2) is 0 Å². The summed E-state index contributed by atoms with van der Waals surface area (Å²) in [5.41, 5.74) is 1.16. The maximum atomic E-state index is 10.6. The van der Waals surface area contributed by atoms with Crippen molar-refractivity contribution in [2.45, 2.75) is 43.9 Å². The average molecular weight is 333 g/mol. The number of benzene rings is 1. The van der Waals surface area contributed by atoms with E-state index < -0.39 is 6.10 Å². The fourth-order valence-electron chi connectivity index (χ4n) is 4.94. The number of hydrogen-bond donors (Lipinski definition) is 2. The van der Waals surface area contributed by atoms with Crippen LogP contribution in [0.1, 0.15) is 37.4 Å². The van der Waals surface area contributed by atoms with Gasteiger partial charge < -0.3 is 24.6 Å².